The second-order valence-electron chi connectivity index (χ2n) is 9.46. The van der Waals surface area contributed by atoms with Crippen molar-refractivity contribution in [1.29, 1.82) is 0 Å². The number of rotatable bonds is 12. The van der Waals surface area contributed by atoms with Gasteiger partial charge in [-0.25, -0.2) is 9.79 Å². The summed E-state index contributed by atoms with van der Waals surface area (Å²) in [5.74, 6) is 1.66. The highest BCUT2D eigenvalue weighted by molar-refractivity contribution is 9.10. The summed E-state index contributed by atoms with van der Waals surface area (Å²) in [5, 5.41) is 10.4. The lowest BCUT2D eigenvalue weighted by Gasteiger charge is -2.37. The summed E-state index contributed by atoms with van der Waals surface area (Å²) in [6.07, 6.45) is 3.13. The quantitative estimate of drug-likeness (QED) is 0.138. The number of hydrogen-bond donors (Lipinski definition) is 1. The number of halogens is 1. The van der Waals surface area contributed by atoms with Crippen molar-refractivity contribution < 1.29 is 19.3 Å². The number of ether oxygens (including phenoxy) is 3. The Hall–Kier alpha value is -3.99. The molecule has 0 radical (unpaired) electrons. The van der Waals surface area contributed by atoms with E-state index in [4.69, 9.17) is 14.2 Å². The zero-order chi connectivity index (χ0) is 29.4. The summed E-state index contributed by atoms with van der Waals surface area (Å²) in [6, 6.07) is 24.4. The fraction of sp³-hybridized carbons (Fsp3) is 0.258. The fourth-order valence-electron chi connectivity index (χ4n) is 4.48. The van der Waals surface area contributed by atoms with Crippen LogP contribution in [-0.4, -0.2) is 67.4 Å². The molecule has 0 spiro atoms. The molecule has 10 heteroatoms. The molecule has 4 rings (SSSR count). The van der Waals surface area contributed by atoms with E-state index in [0.717, 1.165) is 16.7 Å². The number of methoxy groups -OCH3 is 2. The van der Waals surface area contributed by atoms with Crippen LogP contribution in [0.5, 0.6) is 11.5 Å². The maximum Gasteiger partial charge on any atom is 0.350 e. The van der Waals surface area contributed by atoms with E-state index >= 15 is 0 Å². The lowest BCUT2D eigenvalue weighted by molar-refractivity contribution is -0.0160. The van der Waals surface area contributed by atoms with E-state index in [2.05, 4.69) is 25.9 Å². The molecule has 1 heterocycles. The number of nitrogens with zero attached hydrogens (tertiary/aromatic N) is 4. The average Bonchev–Trinajstić information content (AvgIpc) is 3.00. The summed E-state index contributed by atoms with van der Waals surface area (Å²) in [6.45, 7) is -0.373. The van der Waals surface area contributed by atoms with Crippen molar-refractivity contribution >= 4 is 28.1 Å². The Bertz CT molecular complexity index is 1460. The first-order valence-electron chi connectivity index (χ1n) is 12.9. The minimum absolute atomic E-state index is 0.0161. The van der Waals surface area contributed by atoms with Crippen LogP contribution in [0, 0.1) is 0 Å². The Morgan fingerprint density at radius 2 is 1.49 bits per heavy atom. The number of hydrogen-bond acceptors (Lipinski definition) is 7. The number of aliphatic hydroxyl groups excluding tert-OH is 1. The third-order valence-electron chi connectivity index (χ3n) is 6.57. The Balaban J connectivity index is 1.82. The second-order valence-corrected chi connectivity index (χ2v) is 10.3. The van der Waals surface area contributed by atoms with Gasteiger partial charge in [0.25, 0.3) is 0 Å². The van der Waals surface area contributed by atoms with Crippen molar-refractivity contribution in [2.75, 3.05) is 41.5 Å². The molecule has 0 aliphatic carbocycles. The van der Waals surface area contributed by atoms with E-state index in [9.17, 15) is 9.90 Å². The molecule has 0 saturated carbocycles. The molecule has 0 bridgehead atoms. The average molecular weight is 622 g/mol. The van der Waals surface area contributed by atoms with Crippen molar-refractivity contribution in [3.05, 3.63) is 117 Å². The zero-order valence-corrected chi connectivity index (χ0v) is 25.0. The van der Waals surface area contributed by atoms with Crippen LogP contribution in [0.4, 0.5) is 5.82 Å². The summed E-state index contributed by atoms with van der Waals surface area (Å²) < 4.78 is 19.5. The molecule has 9 nitrogen and oxygen atoms in total. The number of aromatic nitrogens is 2. The molecule has 0 amide bonds. The Labute approximate surface area is 247 Å². The lowest BCUT2D eigenvalue weighted by atomic mass is 9.80. The minimum atomic E-state index is -1.10. The van der Waals surface area contributed by atoms with Crippen LogP contribution < -0.4 is 15.2 Å². The lowest BCUT2D eigenvalue weighted by Crippen LogP contribution is -2.38. The minimum Gasteiger partial charge on any atom is -0.497 e. The standard InChI is InChI=1S/C31H33BrN4O5/c1-35(2)21-33-29-28(32)18-36(30(38)34-29)25(19-37)20-41-31(22-8-6-5-7-9-22,23-10-14-26(39-3)15-11-23)24-12-16-27(40-4)17-13-24/h5-18,21,25,37H,19-20H2,1-4H3/t25-/m0/s1. The van der Waals surface area contributed by atoms with Crippen molar-refractivity contribution in [2.24, 2.45) is 4.99 Å². The molecule has 0 saturated heterocycles. The molecule has 214 valence electrons. The Morgan fingerprint density at radius 1 is 0.951 bits per heavy atom. The molecular weight excluding hydrogens is 588 g/mol. The van der Waals surface area contributed by atoms with Crippen molar-refractivity contribution in [3.63, 3.8) is 0 Å². The molecule has 0 aliphatic rings. The largest absolute Gasteiger partial charge is 0.497 e. The molecular formula is C31H33BrN4O5. The third kappa shape index (κ3) is 6.67. The van der Waals surface area contributed by atoms with Crippen LogP contribution in [0.25, 0.3) is 0 Å². The molecule has 1 aromatic heterocycles. The van der Waals surface area contributed by atoms with Gasteiger partial charge in [0, 0.05) is 20.3 Å². The maximum atomic E-state index is 13.1. The van der Waals surface area contributed by atoms with Gasteiger partial charge in [-0.2, -0.15) is 4.98 Å². The topological polar surface area (TPSA) is 98.4 Å². The predicted molar refractivity (Wildman–Crippen MR) is 162 cm³/mol. The molecule has 3 aromatic carbocycles. The van der Waals surface area contributed by atoms with Crippen molar-refractivity contribution in [2.45, 2.75) is 11.6 Å². The third-order valence-corrected chi connectivity index (χ3v) is 7.13. The van der Waals surface area contributed by atoms with Gasteiger partial charge < -0.3 is 24.2 Å². The number of aliphatic hydroxyl groups is 1. The summed E-state index contributed by atoms with van der Waals surface area (Å²) in [5.41, 5.74) is 0.892. The highest BCUT2D eigenvalue weighted by Gasteiger charge is 2.38. The van der Waals surface area contributed by atoms with Gasteiger partial charge in [0.15, 0.2) is 5.82 Å². The van der Waals surface area contributed by atoms with E-state index in [1.807, 2.05) is 93.0 Å². The van der Waals surface area contributed by atoms with Crippen LogP contribution in [0.1, 0.15) is 22.7 Å². The Morgan fingerprint density at radius 3 is 1.98 bits per heavy atom. The van der Waals surface area contributed by atoms with E-state index in [1.54, 1.807) is 31.7 Å². The van der Waals surface area contributed by atoms with Gasteiger partial charge in [-0.15, -0.1) is 0 Å². The molecule has 41 heavy (non-hydrogen) atoms. The van der Waals surface area contributed by atoms with Gasteiger partial charge in [-0.05, 0) is 56.9 Å². The first-order chi connectivity index (χ1) is 19.8. The van der Waals surface area contributed by atoms with Crippen molar-refractivity contribution in [1.82, 2.24) is 14.5 Å². The summed E-state index contributed by atoms with van der Waals surface area (Å²) in [7, 11) is 6.88. The molecule has 1 N–H and O–H groups in total. The highest BCUT2D eigenvalue weighted by atomic mass is 79.9. The first-order valence-corrected chi connectivity index (χ1v) is 13.7. The van der Waals surface area contributed by atoms with E-state index in [1.165, 1.54) is 4.57 Å². The van der Waals surface area contributed by atoms with Gasteiger partial charge in [0.2, 0.25) is 0 Å². The van der Waals surface area contributed by atoms with Gasteiger partial charge in [-0.3, -0.25) is 4.57 Å². The second kappa shape index (κ2) is 13.6. The van der Waals surface area contributed by atoms with E-state index < -0.39 is 17.3 Å². The molecule has 1 atom stereocenters. The summed E-state index contributed by atoms with van der Waals surface area (Å²) >= 11 is 3.46. The van der Waals surface area contributed by atoms with Gasteiger partial charge in [0.1, 0.15) is 17.1 Å². The molecule has 4 aromatic rings. The maximum absolute atomic E-state index is 13.1. The van der Waals surface area contributed by atoms with Crippen LogP contribution in [0.2, 0.25) is 0 Å². The Kier molecular flexibility index (Phi) is 9.93. The SMILES string of the molecule is COc1ccc(C(OC[C@H](CO)n2cc(Br)c(N=CN(C)C)nc2=O)(c2ccccc2)c2ccc(OC)cc2)cc1. The van der Waals surface area contributed by atoms with Gasteiger partial charge in [0.05, 0.1) is 44.3 Å². The van der Waals surface area contributed by atoms with Crippen LogP contribution in [0.3, 0.4) is 0 Å². The zero-order valence-electron chi connectivity index (χ0n) is 23.4. The molecule has 0 fully saturated rings. The van der Waals surface area contributed by atoms with Crippen LogP contribution in [0.15, 0.2) is 99.3 Å². The predicted octanol–water partition coefficient (Wildman–Crippen LogP) is 4.79. The van der Waals surface area contributed by atoms with Crippen molar-refractivity contribution in [3.8, 4) is 11.5 Å². The first kappa shape index (κ1) is 30.0. The molecule has 0 unspecified atom stereocenters. The smallest absolute Gasteiger partial charge is 0.350 e. The number of benzene rings is 3. The highest BCUT2D eigenvalue weighted by Crippen LogP contribution is 2.42. The van der Waals surface area contributed by atoms with Crippen LogP contribution in [-0.2, 0) is 10.3 Å². The normalized spacial score (nSPS) is 12.3. The van der Waals surface area contributed by atoms with E-state index in [-0.39, 0.29) is 19.0 Å². The van der Waals surface area contributed by atoms with Crippen LogP contribution >= 0.6 is 15.9 Å². The molecule has 0 aliphatic heterocycles. The fourth-order valence-corrected chi connectivity index (χ4v) is 4.89. The van der Waals surface area contributed by atoms with E-state index in [0.29, 0.717) is 16.0 Å². The van der Waals surface area contributed by atoms with Gasteiger partial charge >= 0.3 is 5.69 Å². The van der Waals surface area contributed by atoms with Gasteiger partial charge in [-0.1, -0.05) is 54.6 Å². The monoisotopic (exact) mass is 620 g/mol. The number of aliphatic imine (C=N–C) groups is 1. The summed E-state index contributed by atoms with van der Waals surface area (Å²) in [4.78, 5) is 23.2.